The minimum atomic E-state index is -0.533. The number of halogens is 3. The molecule has 1 aromatic heterocycles. The molecule has 29 heavy (non-hydrogen) atoms. The lowest BCUT2D eigenvalue weighted by Gasteiger charge is -2.13. The molecule has 10 heteroatoms. The largest absolute Gasteiger partial charge is 0.493 e. The van der Waals surface area contributed by atoms with Crippen LogP contribution in [0.25, 0.3) is 10.9 Å². The summed E-state index contributed by atoms with van der Waals surface area (Å²) >= 11 is 13.0. The maximum absolute atomic E-state index is 12.8. The number of methoxy groups -OCH3 is 1. The second kappa shape index (κ2) is 8.64. The Balaban J connectivity index is 2.12. The molecular formula is C19H14Br2ClN3O4. The summed E-state index contributed by atoms with van der Waals surface area (Å²) in [5.41, 5.74) is 0.790. The average Bonchev–Trinajstić information content (AvgIpc) is 2.67. The Labute approximate surface area is 187 Å². The Kier molecular flexibility index (Phi) is 6.40. The topological polar surface area (TPSA) is 82.8 Å². The number of rotatable bonds is 4. The van der Waals surface area contributed by atoms with Crippen molar-refractivity contribution in [1.82, 2.24) is 9.66 Å². The van der Waals surface area contributed by atoms with Gasteiger partial charge in [-0.05, 0) is 47.1 Å². The minimum Gasteiger partial charge on any atom is -0.493 e. The van der Waals surface area contributed by atoms with E-state index in [0.29, 0.717) is 26.8 Å². The fourth-order valence-electron chi connectivity index (χ4n) is 2.60. The van der Waals surface area contributed by atoms with Gasteiger partial charge in [-0.15, -0.1) is 0 Å². The molecule has 0 saturated carbocycles. The van der Waals surface area contributed by atoms with Gasteiger partial charge in [0.1, 0.15) is 10.8 Å². The highest BCUT2D eigenvalue weighted by molar-refractivity contribution is 9.10. The van der Waals surface area contributed by atoms with Crippen LogP contribution in [0.1, 0.15) is 18.3 Å². The van der Waals surface area contributed by atoms with E-state index in [4.69, 9.17) is 21.1 Å². The SMILES string of the molecule is COc1cc(C=Nn2c(C)nc3ccc(Br)cc3c2=O)c(Br)c(Cl)c1OC(C)=O. The van der Waals surface area contributed by atoms with Crippen molar-refractivity contribution in [2.45, 2.75) is 13.8 Å². The fraction of sp³-hybridized carbons (Fsp3) is 0.158. The van der Waals surface area contributed by atoms with E-state index >= 15 is 0 Å². The normalized spacial score (nSPS) is 11.2. The molecule has 0 aliphatic rings. The molecule has 0 radical (unpaired) electrons. The second-order valence-corrected chi connectivity index (χ2v) is 7.99. The van der Waals surface area contributed by atoms with Crippen LogP contribution in [-0.4, -0.2) is 29.0 Å². The smallest absolute Gasteiger partial charge is 0.308 e. The first-order chi connectivity index (χ1) is 13.7. The Morgan fingerprint density at radius 1 is 1.31 bits per heavy atom. The number of hydrogen-bond donors (Lipinski definition) is 0. The highest BCUT2D eigenvalue weighted by Crippen LogP contribution is 2.42. The second-order valence-electron chi connectivity index (χ2n) is 5.90. The van der Waals surface area contributed by atoms with Crippen molar-refractivity contribution in [3.05, 3.63) is 60.0 Å². The molecule has 0 fully saturated rings. The predicted molar refractivity (Wildman–Crippen MR) is 118 cm³/mol. The van der Waals surface area contributed by atoms with Gasteiger partial charge in [0.15, 0.2) is 11.5 Å². The lowest BCUT2D eigenvalue weighted by Crippen LogP contribution is -2.20. The van der Waals surface area contributed by atoms with E-state index in [-0.39, 0.29) is 22.1 Å². The van der Waals surface area contributed by atoms with Gasteiger partial charge >= 0.3 is 5.97 Å². The van der Waals surface area contributed by atoms with Crippen LogP contribution in [-0.2, 0) is 4.79 Å². The third-order valence-electron chi connectivity index (χ3n) is 3.90. The third-order valence-corrected chi connectivity index (χ3v) is 5.84. The maximum atomic E-state index is 12.8. The Morgan fingerprint density at radius 2 is 2.03 bits per heavy atom. The molecule has 1 heterocycles. The summed E-state index contributed by atoms with van der Waals surface area (Å²) < 4.78 is 12.8. The molecular weight excluding hydrogens is 529 g/mol. The number of nitrogens with zero attached hydrogens (tertiary/aromatic N) is 3. The number of hydrogen-bond acceptors (Lipinski definition) is 6. The lowest BCUT2D eigenvalue weighted by molar-refractivity contribution is -0.132. The van der Waals surface area contributed by atoms with Crippen molar-refractivity contribution in [2.75, 3.05) is 7.11 Å². The molecule has 0 bridgehead atoms. The van der Waals surface area contributed by atoms with Gasteiger partial charge in [-0.2, -0.15) is 9.78 Å². The molecule has 7 nitrogen and oxygen atoms in total. The Bertz CT molecular complexity index is 1220. The zero-order valence-electron chi connectivity index (χ0n) is 15.5. The van der Waals surface area contributed by atoms with E-state index in [9.17, 15) is 9.59 Å². The van der Waals surface area contributed by atoms with Crippen molar-refractivity contribution >= 4 is 66.5 Å². The van der Waals surface area contributed by atoms with Gasteiger partial charge < -0.3 is 9.47 Å². The Hall–Kier alpha value is -2.23. The quantitative estimate of drug-likeness (QED) is 0.271. The van der Waals surface area contributed by atoms with Gasteiger partial charge in [0.05, 0.1) is 24.2 Å². The predicted octanol–water partition coefficient (Wildman–Crippen LogP) is 4.70. The molecule has 0 unspecified atom stereocenters. The van der Waals surface area contributed by atoms with E-state index in [2.05, 4.69) is 41.9 Å². The fourth-order valence-corrected chi connectivity index (χ4v) is 3.60. The number of esters is 1. The summed E-state index contributed by atoms with van der Waals surface area (Å²) in [6.07, 6.45) is 1.44. The summed E-state index contributed by atoms with van der Waals surface area (Å²) in [7, 11) is 1.42. The van der Waals surface area contributed by atoms with E-state index in [0.717, 1.165) is 4.47 Å². The van der Waals surface area contributed by atoms with Crippen molar-refractivity contribution in [3.63, 3.8) is 0 Å². The maximum Gasteiger partial charge on any atom is 0.308 e. The molecule has 0 saturated heterocycles. The van der Waals surface area contributed by atoms with E-state index in [1.54, 1.807) is 25.1 Å². The summed E-state index contributed by atoms with van der Waals surface area (Å²) in [5.74, 6) is 0.233. The first-order valence-corrected chi connectivity index (χ1v) is 10.2. The Morgan fingerprint density at radius 3 is 2.69 bits per heavy atom. The number of carbonyl (C=O) groups is 1. The highest BCUT2D eigenvalue weighted by Gasteiger charge is 2.18. The zero-order chi connectivity index (χ0) is 21.3. The van der Waals surface area contributed by atoms with E-state index in [1.807, 2.05) is 6.07 Å². The molecule has 0 N–H and O–H groups in total. The molecule has 3 aromatic rings. The van der Waals surface area contributed by atoms with E-state index < -0.39 is 5.97 Å². The number of aryl methyl sites for hydroxylation is 1. The van der Waals surface area contributed by atoms with Gasteiger partial charge in [0, 0.05) is 21.4 Å². The molecule has 2 aromatic carbocycles. The van der Waals surface area contributed by atoms with Gasteiger partial charge in [-0.1, -0.05) is 27.5 Å². The summed E-state index contributed by atoms with van der Waals surface area (Å²) in [6, 6.07) is 6.86. The van der Waals surface area contributed by atoms with Crippen molar-refractivity contribution in [3.8, 4) is 11.5 Å². The van der Waals surface area contributed by atoms with Crippen LogP contribution in [0.5, 0.6) is 11.5 Å². The van der Waals surface area contributed by atoms with Crippen LogP contribution in [0.3, 0.4) is 0 Å². The number of benzene rings is 2. The monoisotopic (exact) mass is 541 g/mol. The van der Waals surface area contributed by atoms with E-state index in [1.165, 1.54) is 24.9 Å². The summed E-state index contributed by atoms with van der Waals surface area (Å²) in [4.78, 5) is 28.6. The van der Waals surface area contributed by atoms with Crippen molar-refractivity contribution < 1.29 is 14.3 Å². The third kappa shape index (κ3) is 4.36. The van der Waals surface area contributed by atoms with Gasteiger partial charge in [-0.3, -0.25) is 9.59 Å². The first-order valence-electron chi connectivity index (χ1n) is 8.20. The minimum absolute atomic E-state index is 0.0938. The number of carbonyl (C=O) groups excluding carboxylic acids is 1. The van der Waals surface area contributed by atoms with Crippen LogP contribution in [0.15, 0.2) is 43.1 Å². The molecule has 0 spiro atoms. The number of fused-ring (bicyclic) bond motifs is 1. The molecule has 0 amide bonds. The van der Waals surface area contributed by atoms with Crippen molar-refractivity contribution in [2.24, 2.45) is 5.10 Å². The lowest BCUT2D eigenvalue weighted by atomic mass is 10.2. The average molecular weight is 544 g/mol. The number of ether oxygens (including phenoxy) is 2. The van der Waals surface area contributed by atoms with Crippen LogP contribution >= 0.6 is 43.5 Å². The number of aromatic nitrogens is 2. The molecule has 0 aliphatic heterocycles. The first kappa shape index (κ1) is 21.5. The zero-order valence-corrected chi connectivity index (χ0v) is 19.4. The van der Waals surface area contributed by atoms with Gasteiger partial charge in [-0.25, -0.2) is 4.98 Å². The van der Waals surface area contributed by atoms with Gasteiger partial charge in [0.25, 0.3) is 5.56 Å². The van der Waals surface area contributed by atoms with Crippen LogP contribution < -0.4 is 15.0 Å². The molecule has 3 rings (SSSR count). The van der Waals surface area contributed by atoms with Gasteiger partial charge in [0.2, 0.25) is 0 Å². The van der Waals surface area contributed by atoms with Crippen LogP contribution in [0.2, 0.25) is 5.02 Å². The summed E-state index contributed by atoms with van der Waals surface area (Å²) in [5, 5.41) is 4.85. The summed E-state index contributed by atoms with van der Waals surface area (Å²) in [6.45, 7) is 2.95. The molecule has 0 aliphatic carbocycles. The van der Waals surface area contributed by atoms with Crippen LogP contribution in [0.4, 0.5) is 0 Å². The molecule has 0 atom stereocenters. The van der Waals surface area contributed by atoms with Crippen LogP contribution in [0, 0.1) is 6.92 Å². The molecule has 150 valence electrons. The highest BCUT2D eigenvalue weighted by atomic mass is 79.9. The van der Waals surface area contributed by atoms with Crippen molar-refractivity contribution in [1.29, 1.82) is 0 Å². The standard InChI is InChI=1S/C19H14Br2ClN3O4/c1-9-24-14-5-4-12(20)7-13(14)19(27)25(9)23-8-11-6-15(28-3)18(29-10(2)26)17(22)16(11)21/h4-8H,1-3H3.